The molecule has 0 saturated carbocycles. The van der Waals surface area contributed by atoms with E-state index in [-0.39, 0.29) is 5.91 Å². The minimum Gasteiger partial charge on any atom is -0.461 e. The topological polar surface area (TPSA) is 67.4 Å². The fraction of sp³-hybridized carbons (Fsp3) is 0.348. The SMILES string of the molecule is C=CCn1c(SCC(=O)N2CCN(Cc3cccc(C)c3)CC2)nnc1-c1ccco1. The van der Waals surface area contributed by atoms with E-state index in [2.05, 4.69) is 52.9 Å². The zero-order valence-corrected chi connectivity index (χ0v) is 18.6. The van der Waals surface area contributed by atoms with Crippen molar-refractivity contribution in [1.82, 2.24) is 24.6 Å². The number of thioether (sulfide) groups is 1. The fourth-order valence-corrected chi connectivity index (χ4v) is 4.57. The summed E-state index contributed by atoms with van der Waals surface area (Å²) in [6, 6.07) is 12.3. The van der Waals surface area contributed by atoms with E-state index < -0.39 is 0 Å². The van der Waals surface area contributed by atoms with Gasteiger partial charge in [0, 0.05) is 39.3 Å². The number of aromatic nitrogens is 3. The number of furan rings is 1. The van der Waals surface area contributed by atoms with E-state index in [1.807, 2.05) is 21.6 Å². The fourth-order valence-electron chi connectivity index (χ4n) is 3.72. The Morgan fingerprint density at radius 3 is 2.74 bits per heavy atom. The lowest BCUT2D eigenvalue weighted by atomic mass is 10.1. The molecule has 3 aromatic rings. The second-order valence-corrected chi connectivity index (χ2v) is 8.56. The molecule has 1 saturated heterocycles. The Morgan fingerprint density at radius 2 is 2.03 bits per heavy atom. The first kappa shape index (κ1) is 21.4. The molecule has 2 aromatic heterocycles. The highest BCUT2D eigenvalue weighted by Gasteiger charge is 2.23. The number of nitrogens with zero attached hydrogens (tertiary/aromatic N) is 5. The van der Waals surface area contributed by atoms with Crippen LogP contribution in [0.3, 0.4) is 0 Å². The summed E-state index contributed by atoms with van der Waals surface area (Å²) in [6.07, 6.45) is 3.40. The maximum Gasteiger partial charge on any atom is 0.233 e. The van der Waals surface area contributed by atoms with Gasteiger partial charge in [0.05, 0.1) is 12.0 Å². The highest BCUT2D eigenvalue weighted by molar-refractivity contribution is 7.99. The first-order chi connectivity index (χ1) is 15.1. The molecule has 0 radical (unpaired) electrons. The zero-order valence-electron chi connectivity index (χ0n) is 17.7. The number of benzene rings is 1. The van der Waals surface area contributed by atoms with Crippen molar-refractivity contribution in [3.63, 3.8) is 0 Å². The van der Waals surface area contributed by atoms with Crippen LogP contribution in [0.5, 0.6) is 0 Å². The number of carbonyl (C=O) groups is 1. The van der Waals surface area contributed by atoms with Gasteiger partial charge in [-0.25, -0.2) is 0 Å². The lowest BCUT2D eigenvalue weighted by Crippen LogP contribution is -2.48. The molecule has 0 unspecified atom stereocenters. The van der Waals surface area contributed by atoms with Crippen LogP contribution in [0.1, 0.15) is 11.1 Å². The number of carbonyl (C=O) groups excluding carboxylic acids is 1. The minimum atomic E-state index is 0.132. The van der Waals surface area contributed by atoms with Crippen LogP contribution >= 0.6 is 11.8 Å². The first-order valence-corrected chi connectivity index (χ1v) is 11.4. The number of piperazine rings is 1. The highest BCUT2D eigenvalue weighted by Crippen LogP contribution is 2.24. The molecular formula is C23H27N5O2S. The van der Waals surface area contributed by atoms with Gasteiger partial charge in [0.2, 0.25) is 11.7 Å². The van der Waals surface area contributed by atoms with Crippen LogP contribution in [-0.4, -0.2) is 62.4 Å². The smallest absolute Gasteiger partial charge is 0.233 e. The van der Waals surface area contributed by atoms with E-state index in [1.54, 1.807) is 12.3 Å². The summed E-state index contributed by atoms with van der Waals surface area (Å²) in [5.74, 6) is 1.76. The minimum absolute atomic E-state index is 0.132. The second kappa shape index (κ2) is 9.98. The quantitative estimate of drug-likeness (QED) is 0.397. The molecule has 1 amide bonds. The molecule has 3 heterocycles. The highest BCUT2D eigenvalue weighted by atomic mass is 32.2. The van der Waals surface area contributed by atoms with Crippen molar-refractivity contribution < 1.29 is 9.21 Å². The predicted octanol–water partition coefficient (Wildman–Crippen LogP) is 3.47. The lowest BCUT2D eigenvalue weighted by Gasteiger charge is -2.34. The van der Waals surface area contributed by atoms with Crippen molar-refractivity contribution in [3.05, 3.63) is 66.4 Å². The van der Waals surface area contributed by atoms with Crippen molar-refractivity contribution >= 4 is 17.7 Å². The molecule has 0 spiro atoms. The molecule has 7 nitrogen and oxygen atoms in total. The maximum absolute atomic E-state index is 12.8. The van der Waals surface area contributed by atoms with E-state index in [9.17, 15) is 4.79 Å². The number of allylic oxidation sites excluding steroid dienone is 1. The van der Waals surface area contributed by atoms with Gasteiger partial charge in [0.1, 0.15) is 0 Å². The van der Waals surface area contributed by atoms with Gasteiger partial charge in [-0.3, -0.25) is 14.3 Å². The molecule has 0 N–H and O–H groups in total. The molecule has 8 heteroatoms. The summed E-state index contributed by atoms with van der Waals surface area (Å²) in [4.78, 5) is 17.1. The van der Waals surface area contributed by atoms with Crippen molar-refractivity contribution in [1.29, 1.82) is 0 Å². The Bertz CT molecular complexity index is 1020. The average Bonchev–Trinajstić information content (AvgIpc) is 3.43. The summed E-state index contributed by atoms with van der Waals surface area (Å²) in [5.41, 5.74) is 2.60. The molecular weight excluding hydrogens is 410 g/mol. The molecule has 0 aliphatic carbocycles. The third kappa shape index (κ3) is 5.26. The standard InChI is InChI=1S/C23H27N5O2S/c1-3-9-28-22(20-8-5-14-30-20)24-25-23(28)31-17-21(29)27-12-10-26(11-13-27)16-19-7-4-6-18(2)15-19/h3-8,14-15H,1,9-13,16-17H2,2H3. The van der Waals surface area contributed by atoms with Gasteiger partial charge in [-0.1, -0.05) is 47.7 Å². The monoisotopic (exact) mass is 437 g/mol. The molecule has 0 atom stereocenters. The maximum atomic E-state index is 12.8. The molecule has 1 fully saturated rings. The summed E-state index contributed by atoms with van der Waals surface area (Å²) in [5, 5.41) is 9.20. The van der Waals surface area contributed by atoms with Gasteiger partial charge in [-0.2, -0.15) is 0 Å². The number of hydrogen-bond acceptors (Lipinski definition) is 6. The number of amides is 1. The number of hydrogen-bond donors (Lipinski definition) is 0. The third-order valence-electron chi connectivity index (χ3n) is 5.31. The van der Waals surface area contributed by atoms with Gasteiger partial charge < -0.3 is 9.32 Å². The van der Waals surface area contributed by atoms with Crippen molar-refractivity contribution in [3.8, 4) is 11.6 Å². The van der Waals surface area contributed by atoms with Crippen LogP contribution in [0.2, 0.25) is 0 Å². The van der Waals surface area contributed by atoms with Gasteiger partial charge in [0.15, 0.2) is 10.9 Å². The Labute approximate surface area is 186 Å². The number of rotatable bonds is 8. The summed E-state index contributed by atoms with van der Waals surface area (Å²) in [6.45, 7) is 10.7. The molecule has 0 bridgehead atoms. The Kier molecular flexibility index (Phi) is 6.89. The van der Waals surface area contributed by atoms with Crippen molar-refractivity contribution in [2.24, 2.45) is 0 Å². The van der Waals surface area contributed by atoms with Gasteiger partial charge in [-0.15, -0.1) is 16.8 Å². The van der Waals surface area contributed by atoms with Crippen LogP contribution in [-0.2, 0) is 17.9 Å². The van der Waals surface area contributed by atoms with Crippen LogP contribution in [0.15, 0.2) is 64.9 Å². The zero-order chi connectivity index (χ0) is 21.6. The van der Waals surface area contributed by atoms with Gasteiger partial charge >= 0.3 is 0 Å². The van der Waals surface area contributed by atoms with Crippen LogP contribution < -0.4 is 0 Å². The van der Waals surface area contributed by atoms with E-state index in [0.29, 0.717) is 29.0 Å². The Morgan fingerprint density at radius 1 is 1.19 bits per heavy atom. The lowest BCUT2D eigenvalue weighted by molar-refractivity contribution is -0.130. The molecule has 1 aliphatic rings. The predicted molar refractivity (Wildman–Crippen MR) is 122 cm³/mol. The van der Waals surface area contributed by atoms with E-state index >= 15 is 0 Å². The van der Waals surface area contributed by atoms with Crippen LogP contribution in [0.4, 0.5) is 0 Å². The van der Waals surface area contributed by atoms with Crippen molar-refractivity contribution in [2.45, 2.75) is 25.2 Å². The average molecular weight is 438 g/mol. The van der Waals surface area contributed by atoms with E-state index in [0.717, 1.165) is 32.7 Å². The number of aryl methyl sites for hydroxylation is 1. The molecule has 1 aliphatic heterocycles. The summed E-state index contributed by atoms with van der Waals surface area (Å²) < 4.78 is 7.37. The van der Waals surface area contributed by atoms with Crippen LogP contribution in [0.25, 0.3) is 11.6 Å². The summed E-state index contributed by atoms with van der Waals surface area (Å²) in [7, 11) is 0. The normalized spacial score (nSPS) is 14.7. The Hall–Kier alpha value is -2.84. The summed E-state index contributed by atoms with van der Waals surface area (Å²) >= 11 is 1.41. The van der Waals surface area contributed by atoms with Gasteiger partial charge in [-0.05, 0) is 24.6 Å². The molecule has 4 rings (SSSR count). The molecule has 31 heavy (non-hydrogen) atoms. The van der Waals surface area contributed by atoms with E-state index in [4.69, 9.17) is 4.42 Å². The largest absolute Gasteiger partial charge is 0.461 e. The van der Waals surface area contributed by atoms with E-state index in [1.165, 1.54) is 22.9 Å². The molecule has 162 valence electrons. The first-order valence-electron chi connectivity index (χ1n) is 10.4. The van der Waals surface area contributed by atoms with Gasteiger partial charge in [0.25, 0.3) is 0 Å². The molecule has 1 aromatic carbocycles. The second-order valence-electron chi connectivity index (χ2n) is 7.62. The van der Waals surface area contributed by atoms with Crippen LogP contribution in [0, 0.1) is 6.92 Å². The van der Waals surface area contributed by atoms with Crippen molar-refractivity contribution in [2.75, 3.05) is 31.9 Å². The Balaban J connectivity index is 1.30. The third-order valence-corrected chi connectivity index (χ3v) is 6.26.